The Morgan fingerprint density at radius 1 is 1.25 bits per heavy atom. The first kappa shape index (κ1) is 14.9. The third-order valence-electron chi connectivity index (χ3n) is 3.06. The normalized spacial score (nSPS) is 19.7. The van der Waals surface area contributed by atoms with Gasteiger partial charge < -0.3 is 4.57 Å². The van der Waals surface area contributed by atoms with E-state index in [2.05, 4.69) is 0 Å². The van der Waals surface area contributed by atoms with E-state index in [0.29, 0.717) is 0 Å². The van der Waals surface area contributed by atoms with E-state index in [-0.39, 0.29) is 31.0 Å². The monoisotopic (exact) mass is 295 g/mol. The Morgan fingerprint density at radius 3 is 2.50 bits per heavy atom. The van der Waals surface area contributed by atoms with Gasteiger partial charge in [0.15, 0.2) is 0 Å². The molecule has 1 saturated heterocycles. The third kappa shape index (κ3) is 3.78. The van der Waals surface area contributed by atoms with Gasteiger partial charge >= 0.3 is 0 Å². The van der Waals surface area contributed by atoms with Crippen LogP contribution in [-0.2, 0) is 25.6 Å². The van der Waals surface area contributed by atoms with Crippen LogP contribution in [-0.4, -0.2) is 36.4 Å². The van der Waals surface area contributed by atoms with E-state index in [4.69, 9.17) is 4.84 Å². The highest BCUT2D eigenvalue weighted by Crippen LogP contribution is 2.41. The van der Waals surface area contributed by atoms with Crippen LogP contribution in [0.5, 0.6) is 0 Å². The zero-order valence-corrected chi connectivity index (χ0v) is 12.5. The number of carbonyl (C=O) groups excluding carboxylic acids is 2. The number of hydrogen-bond donors (Lipinski definition) is 0. The van der Waals surface area contributed by atoms with Gasteiger partial charge in [-0.15, -0.1) is 0 Å². The van der Waals surface area contributed by atoms with Crippen LogP contribution in [0.3, 0.4) is 0 Å². The van der Waals surface area contributed by atoms with E-state index in [9.17, 15) is 14.2 Å². The summed E-state index contributed by atoms with van der Waals surface area (Å²) in [5.74, 6) is -1.25. The molecule has 0 saturated carbocycles. The molecule has 0 aromatic heterocycles. The summed E-state index contributed by atoms with van der Waals surface area (Å²) in [6, 6.07) is 9.31. The molecule has 1 heterocycles. The maximum Gasteiger partial charge on any atom is 0.257 e. The van der Waals surface area contributed by atoms with Crippen LogP contribution in [0.25, 0.3) is 0 Å². The highest BCUT2D eigenvalue weighted by molar-refractivity contribution is 7.62. The SMILES string of the molecule is CP(C)(=O)CC1CC(=O)N(OCc2ccccc2)C1=O. The Kier molecular flexibility index (Phi) is 4.41. The maximum absolute atomic E-state index is 12.1. The number of hydrogen-bond acceptors (Lipinski definition) is 4. The largest absolute Gasteiger partial charge is 0.324 e. The molecular weight excluding hydrogens is 277 g/mol. The average Bonchev–Trinajstić information content (AvgIpc) is 2.61. The Hall–Kier alpha value is -1.45. The van der Waals surface area contributed by atoms with Gasteiger partial charge in [-0.05, 0) is 18.9 Å². The van der Waals surface area contributed by atoms with Gasteiger partial charge in [-0.25, -0.2) is 0 Å². The molecule has 1 fully saturated rings. The van der Waals surface area contributed by atoms with Crippen LogP contribution >= 0.6 is 7.14 Å². The van der Waals surface area contributed by atoms with Crippen molar-refractivity contribution in [1.82, 2.24) is 5.06 Å². The smallest absolute Gasteiger partial charge is 0.257 e. The molecule has 6 heteroatoms. The van der Waals surface area contributed by atoms with Crippen molar-refractivity contribution in [3.8, 4) is 0 Å². The van der Waals surface area contributed by atoms with Gasteiger partial charge in [-0.3, -0.25) is 14.4 Å². The lowest BCUT2D eigenvalue weighted by molar-refractivity contribution is -0.192. The minimum atomic E-state index is -2.34. The first-order chi connectivity index (χ1) is 9.37. The molecule has 1 atom stereocenters. The Balaban J connectivity index is 1.97. The van der Waals surface area contributed by atoms with Crippen molar-refractivity contribution < 1.29 is 19.0 Å². The number of imide groups is 1. The Morgan fingerprint density at radius 2 is 1.90 bits per heavy atom. The van der Waals surface area contributed by atoms with E-state index in [1.165, 1.54) is 0 Å². The lowest BCUT2D eigenvalue weighted by atomic mass is 10.1. The van der Waals surface area contributed by atoms with Crippen molar-refractivity contribution in [3.63, 3.8) is 0 Å². The number of carbonyl (C=O) groups is 2. The molecule has 0 aliphatic carbocycles. The molecule has 0 bridgehead atoms. The fourth-order valence-corrected chi connectivity index (χ4v) is 3.54. The number of hydroxylamine groups is 2. The number of amides is 2. The summed E-state index contributed by atoms with van der Waals surface area (Å²) in [5, 5.41) is 0.827. The highest BCUT2D eigenvalue weighted by Gasteiger charge is 2.41. The minimum absolute atomic E-state index is 0.0826. The fraction of sp³-hybridized carbons (Fsp3) is 0.429. The quantitative estimate of drug-likeness (QED) is 0.616. The third-order valence-corrected chi connectivity index (χ3v) is 4.38. The standard InChI is InChI=1S/C14H18NO4P/c1-20(2,18)10-12-8-13(16)15(14(12)17)19-9-11-6-4-3-5-7-11/h3-7,12H,8-10H2,1-2H3. The summed E-state index contributed by atoms with van der Waals surface area (Å²) in [6.07, 6.45) is 0.335. The zero-order valence-electron chi connectivity index (χ0n) is 11.6. The van der Waals surface area contributed by atoms with Crippen molar-refractivity contribution >= 4 is 19.0 Å². The first-order valence-corrected chi connectivity index (χ1v) is 9.23. The van der Waals surface area contributed by atoms with Gasteiger partial charge in [0.1, 0.15) is 6.61 Å². The molecule has 2 rings (SSSR count). The molecule has 5 nitrogen and oxygen atoms in total. The number of benzene rings is 1. The first-order valence-electron chi connectivity index (χ1n) is 6.44. The van der Waals surface area contributed by atoms with E-state index in [1.807, 2.05) is 30.3 Å². The fourth-order valence-electron chi connectivity index (χ4n) is 2.19. The minimum Gasteiger partial charge on any atom is -0.324 e. The number of nitrogens with zero attached hydrogens (tertiary/aromatic N) is 1. The molecule has 108 valence electrons. The molecule has 1 aromatic carbocycles. The Bertz CT molecular complexity index is 552. The van der Waals surface area contributed by atoms with Crippen LogP contribution in [0.4, 0.5) is 0 Å². The molecule has 1 aliphatic rings. The van der Waals surface area contributed by atoms with Gasteiger partial charge in [0.2, 0.25) is 0 Å². The van der Waals surface area contributed by atoms with Crippen LogP contribution in [0.1, 0.15) is 12.0 Å². The van der Waals surface area contributed by atoms with Gasteiger partial charge in [-0.2, -0.15) is 5.06 Å². The second kappa shape index (κ2) is 5.90. The van der Waals surface area contributed by atoms with Crippen LogP contribution in [0, 0.1) is 5.92 Å². The van der Waals surface area contributed by atoms with Crippen molar-refractivity contribution in [2.24, 2.45) is 5.92 Å². The van der Waals surface area contributed by atoms with Crippen LogP contribution in [0.2, 0.25) is 0 Å². The van der Waals surface area contributed by atoms with E-state index < -0.39 is 13.1 Å². The second-order valence-electron chi connectivity index (χ2n) is 5.44. The summed E-state index contributed by atoms with van der Waals surface area (Å²) in [4.78, 5) is 29.2. The highest BCUT2D eigenvalue weighted by atomic mass is 31.2. The molecule has 20 heavy (non-hydrogen) atoms. The summed E-state index contributed by atoms with van der Waals surface area (Å²) < 4.78 is 11.8. The predicted octanol–water partition coefficient (Wildman–Crippen LogP) is 2.12. The van der Waals surface area contributed by atoms with Gasteiger partial charge in [0.25, 0.3) is 11.8 Å². The summed E-state index contributed by atoms with van der Waals surface area (Å²) in [5.41, 5.74) is 0.883. The van der Waals surface area contributed by atoms with E-state index in [1.54, 1.807) is 13.3 Å². The maximum atomic E-state index is 12.1. The summed E-state index contributed by atoms with van der Waals surface area (Å²) in [6.45, 7) is 3.41. The van der Waals surface area contributed by atoms with Gasteiger partial charge in [0.05, 0.1) is 13.1 Å². The average molecular weight is 295 g/mol. The summed E-state index contributed by atoms with van der Waals surface area (Å²) in [7, 11) is -2.34. The van der Waals surface area contributed by atoms with Gasteiger partial charge in [0, 0.05) is 12.6 Å². The lowest BCUT2D eigenvalue weighted by Gasteiger charge is -2.15. The molecular formula is C14H18NO4P. The molecule has 0 spiro atoms. The number of rotatable bonds is 5. The van der Waals surface area contributed by atoms with Crippen molar-refractivity contribution in [2.45, 2.75) is 13.0 Å². The summed E-state index contributed by atoms with van der Waals surface area (Å²) >= 11 is 0. The Labute approximate surface area is 118 Å². The molecule has 0 N–H and O–H groups in total. The second-order valence-corrected chi connectivity index (χ2v) is 8.96. The van der Waals surface area contributed by atoms with E-state index >= 15 is 0 Å². The molecule has 1 aliphatic heterocycles. The molecule has 2 amide bonds. The lowest BCUT2D eigenvalue weighted by Crippen LogP contribution is -2.31. The van der Waals surface area contributed by atoms with Crippen molar-refractivity contribution in [2.75, 3.05) is 19.5 Å². The van der Waals surface area contributed by atoms with Gasteiger partial charge in [-0.1, -0.05) is 30.3 Å². The van der Waals surface area contributed by atoms with E-state index in [0.717, 1.165) is 10.6 Å². The topological polar surface area (TPSA) is 63.7 Å². The molecule has 1 unspecified atom stereocenters. The van der Waals surface area contributed by atoms with Crippen LogP contribution in [0.15, 0.2) is 30.3 Å². The van der Waals surface area contributed by atoms with Crippen LogP contribution < -0.4 is 0 Å². The predicted molar refractivity (Wildman–Crippen MR) is 75.5 cm³/mol. The van der Waals surface area contributed by atoms with Crippen molar-refractivity contribution in [3.05, 3.63) is 35.9 Å². The molecule has 0 radical (unpaired) electrons. The van der Waals surface area contributed by atoms with Crippen molar-refractivity contribution in [1.29, 1.82) is 0 Å². The zero-order chi connectivity index (χ0) is 14.8. The molecule has 1 aromatic rings.